The van der Waals surface area contributed by atoms with Crippen LogP contribution in [0.2, 0.25) is 0 Å². The number of aromatic amines is 1. The Hall–Kier alpha value is -3.06. The smallest absolute Gasteiger partial charge is 0.248 e. The zero-order valence-corrected chi connectivity index (χ0v) is 16.3. The van der Waals surface area contributed by atoms with Gasteiger partial charge in [0.25, 0.3) is 0 Å². The Morgan fingerprint density at radius 1 is 1.14 bits per heavy atom. The van der Waals surface area contributed by atoms with Gasteiger partial charge in [0.1, 0.15) is 18.1 Å². The van der Waals surface area contributed by atoms with Crippen LogP contribution in [0.1, 0.15) is 24.5 Å². The van der Waals surface area contributed by atoms with E-state index in [1.165, 1.54) is 19.2 Å². The minimum absolute atomic E-state index is 0.0249. The fourth-order valence-corrected chi connectivity index (χ4v) is 3.91. The Labute approximate surface area is 168 Å². The van der Waals surface area contributed by atoms with Gasteiger partial charge in [0.05, 0.1) is 0 Å². The molecule has 6 nitrogen and oxygen atoms in total. The highest BCUT2D eigenvalue weighted by Gasteiger charge is 2.28. The normalized spacial score (nSPS) is 14.9. The predicted octanol–water partition coefficient (Wildman–Crippen LogP) is 3.63. The van der Waals surface area contributed by atoms with Crippen molar-refractivity contribution in [1.29, 1.82) is 0 Å². The summed E-state index contributed by atoms with van der Waals surface area (Å²) >= 11 is 0. The van der Waals surface area contributed by atoms with Crippen molar-refractivity contribution < 1.29 is 13.9 Å². The molecule has 1 aromatic carbocycles. The molecule has 3 aromatic rings. The summed E-state index contributed by atoms with van der Waals surface area (Å²) in [6, 6.07) is 10.3. The van der Waals surface area contributed by atoms with Crippen molar-refractivity contribution in [3.8, 4) is 22.4 Å². The summed E-state index contributed by atoms with van der Waals surface area (Å²) in [6.07, 6.45) is 5.20. The molecule has 0 bridgehead atoms. The van der Waals surface area contributed by atoms with Gasteiger partial charge in [-0.1, -0.05) is 0 Å². The average Bonchev–Trinajstić information content (AvgIpc) is 3.20. The van der Waals surface area contributed by atoms with E-state index in [1.54, 1.807) is 24.5 Å². The van der Waals surface area contributed by atoms with E-state index in [0.717, 1.165) is 40.9 Å². The fourth-order valence-electron chi connectivity index (χ4n) is 3.91. The molecule has 0 atom stereocenters. The van der Waals surface area contributed by atoms with Crippen molar-refractivity contribution in [3.05, 3.63) is 60.3 Å². The van der Waals surface area contributed by atoms with Gasteiger partial charge in [-0.25, -0.2) is 4.39 Å². The van der Waals surface area contributed by atoms with E-state index >= 15 is 0 Å². The van der Waals surface area contributed by atoms with E-state index < -0.39 is 0 Å². The summed E-state index contributed by atoms with van der Waals surface area (Å²) in [5.74, 6) is 0.00597. The Morgan fingerprint density at radius 2 is 1.83 bits per heavy atom. The van der Waals surface area contributed by atoms with Crippen molar-refractivity contribution in [1.82, 2.24) is 20.1 Å². The minimum Gasteiger partial charge on any atom is -0.375 e. The number of nitrogens with one attached hydrogen (secondary N) is 1. The maximum absolute atomic E-state index is 13.4. The first-order chi connectivity index (χ1) is 14.2. The quantitative estimate of drug-likeness (QED) is 0.717. The average molecular weight is 394 g/mol. The Kier molecular flexibility index (Phi) is 5.67. The molecule has 4 rings (SSSR count). The van der Waals surface area contributed by atoms with E-state index in [2.05, 4.69) is 15.2 Å². The maximum Gasteiger partial charge on any atom is 0.248 e. The van der Waals surface area contributed by atoms with Crippen LogP contribution in [0, 0.1) is 5.82 Å². The van der Waals surface area contributed by atoms with Crippen LogP contribution >= 0.6 is 0 Å². The van der Waals surface area contributed by atoms with Gasteiger partial charge in [0.15, 0.2) is 0 Å². The lowest BCUT2D eigenvalue weighted by Gasteiger charge is -2.32. The number of amides is 1. The number of rotatable bonds is 5. The van der Waals surface area contributed by atoms with Crippen molar-refractivity contribution in [2.45, 2.75) is 18.8 Å². The highest BCUT2D eigenvalue weighted by Crippen LogP contribution is 2.39. The highest BCUT2D eigenvalue weighted by molar-refractivity contribution is 5.83. The number of nitrogens with zero attached hydrogens (tertiary/aromatic N) is 3. The molecule has 1 saturated heterocycles. The molecule has 0 radical (unpaired) electrons. The van der Waals surface area contributed by atoms with Crippen LogP contribution in [0.4, 0.5) is 4.39 Å². The van der Waals surface area contributed by atoms with Gasteiger partial charge in [-0.2, -0.15) is 5.10 Å². The zero-order valence-electron chi connectivity index (χ0n) is 16.3. The Bertz CT molecular complexity index is 964. The van der Waals surface area contributed by atoms with Gasteiger partial charge in [-0.15, -0.1) is 0 Å². The lowest BCUT2D eigenvalue weighted by molar-refractivity contribution is -0.136. The maximum atomic E-state index is 13.4. The molecule has 0 saturated carbocycles. The monoisotopic (exact) mass is 394 g/mol. The highest BCUT2D eigenvalue weighted by atomic mass is 19.1. The summed E-state index contributed by atoms with van der Waals surface area (Å²) in [5, 5.41) is 7.82. The SMILES string of the molecule is COCC(=O)N1CCC(c2[nH]nc(-c3ccc(F)cc3)c2-c2ccncc2)CC1. The van der Waals surface area contributed by atoms with Gasteiger partial charge in [0, 0.05) is 55.3 Å². The molecule has 1 N–H and O–H groups in total. The Balaban J connectivity index is 1.66. The molecule has 7 heteroatoms. The number of piperidine rings is 1. The molecule has 2 aromatic heterocycles. The van der Waals surface area contributed by atoms with Crippen LogP contribution in [-0.2, 0) is 9.53 Å². The summed E-state index contributed by atoms with van der Waals surface area (Å²) in [7, 11) is 1.53. The molecule has 1 fully saturated rings. The van der Waals surface area contributed by atoms with Gasteiger partial charge in [-0.05, 0) is 54.8 Å². The van der Waals surface area contributed by atoms with Crippen LogP contribution in [0.3, 0.4) is 0 Å². The number of methoxy groups -OCH3 is 1. The molecule has 3 heterocycles. The molecule has 150 valence electrons. The first kappa shape index (κ1) is 19.3. The number of likely N-dealkylation sites (tertiary alicyclic amines) is 1. The van der Waals surface area contributed by atoms with Crippen LogP contribution in [0.25, 0.3) is 22.4 Å². The van der Waals surface area contributed by atoms with Crippen molar-refractivity contribution in [2.75, 3.05) is 26.8 Å². The van der Waals surface area contributed by atoms with E-state index in [4.69, 9.17) is 4.74 Å². The van der Waals surface area contributed by atoms with E-state index in [9.17, 15) is 9.18 Å². The number of H-pyrrole nitrogens is 1. The first-order valence-corrected chi connectivity index (χ1v) is 9.68. The number of hydrogen-bond acceptors (Lipinski definition) is 4. The number of carbonyl (C=O) groups excluding carboxylic acids is 1. The second-order valence-electron chi connectivity index (χ2n) is 7.19. The fraction of sp³-hybridized carbons (Fsp3) is 0.318. The van der Waals surface area contributed by atoms with Crippen LogP contribution in [0.5, 0.6) is 0 Å². The number of halogens is 1. The first-order valence-electron chi connectivity index (χ1n) is 9.68. The lowest BCUT2D eigenvalue weighted by Crippen LogP contribution is -2.39. The standard InChI is InChI=1S/C22H23FN4O2/c1-29-14-19(28)27-12-8-17(9-13-27)22-20(15-6-10-24-11-7-15)21(25-26-22)16-2-4-18(23)5-3-16/h2-7,10-11,17H,8-9,12-14H2,1H3,(H,25,26). The molecule has 0 unspecified atom stereocenters. The summed E-state index contributed by atoms with van der Waals surface area (Å²) < 4.78 is 18.4. The summed E-state index contributed by atoms with van der Waals surface area (Å²) in [6.45, 7) is 1.49. The number of ether oxygens (including phenoxy) is 1. The lowest BCUT2D eigenvalue weighted by atomic mass is 9.87. The minimum atomic E-state index is -0.275. The third kappa shape index (κ3) is 4.05. The van der Waals surface area contributed by atoms with Crippen molar-refractivity contribution in [3.63, 3.8) is 0 Å². The van der Waals surface area contributed by atoms with Gasteiger partial charge in [0.2, 0.25) is 5.91 Å². The van der Waals surface area contributed by atoms with Gasteiger partial charge in [-0.3, -0.25) is 14.9 Å². The molecule has 1 aliphatic rings. The molecule has 0 spiro atoms. The van der Waals surface area contributed by atoms with E-state index in [-0.39, 0.29) is 24.2 Å². The van der Waals surface area contributed by atoms with Crippen molar-refractivity contribution in [2.24, 2.45) is 0 Å². The van der Waals surface area contributed by atoms with Crippen LogP contribution in [0.15, 0.2) is 48.8 Å². The number of pyridine rings is 1. The Morgan fingerprint density at radius 3 is 2.48 bits per heavy atom. The number of carbonyl (C=O) groups is 1. The zero-order chi connectivity index (χ0) is 20.2. The molecule has 29 heavy (non-hydrogen) atoms. The topological polar surface area (TPSA) is 71.1 Å². The predicted molar refractivity (Wildman–Crippen MR) is 108 cm³/mol. The number of benzene rings is 1. The molecule has 1 aliphatic heterocycles. The van der Waals surface area contributed by atoms with Gasteiger partial charge >= 0.3 is 0 Å². The summed E-state index contributed by atoms with van der Waals surface area (Å²) in [4.78, 5) is 18.1. The second kappa shape index (κ2) is 8.53. The van der Waals surface area contributed by atoms with E-state index in [0.29, 0.717) is 13.1 Å². The molecular formula is C22H23FN4O2. The number of aromatic nitrogens is 3. The van der Waals surface area contributed by atoms with Crippen molar-refractivity contribution >= 4 is 5.91 Å². The molecular weight excluding hydrogens is 371 g/mol. The summed E-state index contributed by atoms with van der Waals surface area (Å²) in [5.41, 5.74) is 4.73. The third-order valence-electron chi connectivity index (χ3n) is 5.40. The van der Waals surface area contributed by atoms with E-state index in [1.807, 2.05) is 17.0 Å². The number of hydrogen-bond donors (Lipinski definition) is 1. The van der Waals surface area contributed by atoms with Crippen LogP contribution < -0.4 is 0 Å². The van der Waals surface area contributed by atoms with Gasteiger partial charge < -0.3 is 9.64 Å². The second-order valence-corrected chi connectivity index (χ2v) is 7.19. The molecule has 1 amide bonds. The van der Waals surface area contributed by atoms with Crippen LogP contribution in [-0.4, -0.2) is 52.8 Å². The third-order valence-corrected chi connectivity index (χ3v) is 5.40. The largest absolute Gasteiger partial charge is 0.375 e. The molecule has 0 aliphatic carbocycles.